The van der Waals surface area contributed by atoms with Crippen LogP contribution in [0.5, 0.6) is 0 Å². The predicted octanol–water partition coefficient (Wildman–Crippen LogP) is 0.221. The van der Waals surface area contributed by atoms with E-state index in [1.54, 1.807) is 4.90 Å². The van der Waals surface area contributed by atoms with E-state index in [2.05, 4.69) is 0 Å². The van der Waals surface area contributed by atoms with Gasteiger partial charge in [-0.2, -0.15) is 0 Å². The zero-order valence-corrected chi connectivity index (χ0v) is 7.41. The van der Waals surface area contributed by atoms with Crippen molar-refractivity contribution in [2.75, 3.05) is 6.54 Å². The summed E-state index contributed by atoms with van der Waals surface area (Å²) in [5.74, 6) is -1.66. The normalized spacial score (nSPS) is 52.8. The van der Waals surface area contributed by atoms with E-state index in [1.165, 1.54) is 0 Å². The molecule has 2 aliphatic heterocycles. The van der Waals surface area contributed by atoms with Gasteiger partial charge in [0.2, 0.25) is 5.91 Å². The van der Waals surface area contributed by atoms with Crippen molar-refractivity contribution in [3.05, 3.63) is 0 Å². The number of aliphatic hydroxyl groups is 2. The van der Waals surface area contributed by atoms with Crippen LogP contribution in [0.15, 0.2) is 0 Å². The van der Waals surface area contributed by atoms with Crippen LogP contribution in [0.1, 0.15) is 25.7 Å². The SMILES string of the molecule is OC1(O)CCC2C[C@@]3(CC3F)CN21. The van der Waals surface area contributed by atoms with Crippen LogP contribution in [-0.2, 0) is 0 Å². The number of alkyl halides is 1. The van der Waals surface area contributed by atoms with Gasteiger partial charge in [-0.05, 0) is 19.3 Å². The molecule has 2 N–H and O–H groups in total. The molecular formula is C9H14FNO2. The highest BCUT2D eigenvalue weighted by molar-refractivity contribution is 5.14. The molecule has 0 bridgehead atoms. The minimum atomic E-state index is -1.66. The molecule has 74 valence electrons. The molecule has 3 nitrogen and oxygen atoms in total. The van der Waals surface area contributed by atoms with E-state index in [-0.39, 0.29) is 11.5 Å². The Balaban J connectivity index is 1.83. The van der Waals surface area contributed by atoms with Crippen molar-refractivity contribution in [1.29, 1.82) is 0 Å². The third-order valence-electron chi connectivity index (χ3n) is 3.93. The summed E-state index contributed by atoms with van der Waals surface area (Å²) in [5.41, 5.74) is -0.207. The van der Waals surface area contributed by atoms with Gasteiger partial charge >= 0.3 is 0 Å². The van der Waals surface area contributed by atoms with Crippen molar-refractivity contribution in [2.45, 2.75) is 43.8 Å². The Kier molecular flexibility index (Phi) is 1.30. The molecule has 1 saturated carbocycles. The van der Waals surface area contributed by atoms with Gasteiger partial charge in [0, 0.05) is 24.4 Å². The highest BCUT2D eigenvalue weighted by Crippen LogP contribution is 2.60. The number of hydrogen-bond acceptors (Lipinski definition) is 3. The summed E-state index contributed by atoms with van der Waals surface area (Å²) < 4.78 is 13.0. The molecule has 0 aromatic carbocycles. The van der Waals surface area contributed by atoms with Crippen LogP contribution in [0.3, 0.4) is 0 Å². The van der Waals surface area contributed by atoms with Crippen LogP contribution in [0.25, 0.3) is 0 Å². The van der Waals surface area contributed by atoms with Gasteiger partial charge in [-0.3, -0.25) is 0 Å². The fourth-order valence-corrected chi connectivity index (χ4v) is 2.97. The summed E-state index contributed by atoms with van der Waals surface area (Å²) in [4.78, 5) is 1.67. The van der Waals surface area contributed by atoms with Crippen LogP contribution >= 0.6 is 0 Å². The number of fused-ring (bicyclic) bond motifs is 1. The molecule has 0 amide bonds. The minimum absolute atomic E-state index is 0.204. The Morgan fingerprint density at radius 1 is 1.31 bits per heavy atom. The van der Waals surface area contributed by atoms with E-state index in [0.29, 0.717) is 19.4 Å². The van der Waals surface area contributed by atoms with Crippen molar-refractivity contribution in [3.63, 3.8) is 0 Å². The Morgan fingerprint density at radius 2 is 2.00 bits per heavy atom. The zero-order chi connectivity index (χ0) is 9.27. The third-order valence-corrected chi connectivity index (χ3v) is 3.93. The first-order valence-electron chi connectivity index (χ1n) is 4.89. The van der Waals surface area contributed by atoms with Crippen LogP contribution < -0.4 is 0 Å². The van der Waals surface area contributed by atoms with Crippen molar-refractivity contribution in [1.82, 2.24) is 4.90 Å². The second-order valence-electron chi connectivity index (χ2n) is 4.83. The maximum atomic E-state index is 13.0. The summed E-state index contributed by atoms with van der Waals surface area (Å²) in [5, 5.41) is 19.1. The maximum absolute atomic E-state index is 13.0. The van der Waals surface area contributed by atoms with E-state index in [9.17, 15) is 14.6 Å². The van der Waals surface area contributed by atoms with Crippen molar-refractivity contribution in [2.24, 2.45) is 5.41 Å². The average molecular weight is 187 g/mol. The van der Waals surface area contributed by atoms with Crippen LogP contribution in [0.2, 0.25) is 0 Å². The maximum Gasteiger partial charge on any atom is 0.225 e. The van der Waals surface area contributed by atoms with Crippen molar-refractivity contribution >= 4 is 0 Å². The second kappa shape index (κ2) is 2.07. The van der Waals surface area contributed by atoms with Crippen LogP contribution in [0.4, 0.5) is 4.39 Å². The fraction of sp³-hybridized carbons (Fsp3) is 1.00. The smallest absolute Gasteiger partial charge is 0.225 e. The van der Waals surface area contributed by atoms with Gasteiger partial charge in [0.15, 0.2) is 0 Å². The zero-order valence-electron chi connectivity index (χ0n) is 7.41. The largest absolute Gasteiger partial charge is 0.353 e. The first-order valence-corrected chi connectivity index (χ1v) is 4.89. The molecule has 3 atom stereocenters. The number of halogens is 1. The van der Waals surface area contributed by atoms with Gasteiger partial charge in [0.25, 0.3) is 0 Å². The molecule has 0 aromatic heterocycles. The van der Waals surface area contributed by atoms with Gasteiger partial charge in [0.1, 0.15) is 6.17 Å². The number of nitrogens with zero attached hydrogens (tertiary/aromatic N) is 1. The van der Waals surface area contributed by atoms with Crippen LogP contribution in [0, 0.1) is 5.41 Å². The van der Waals surface area contributed by atoms with E-state index in [0.717, 1.165) is 12.8 Å². The topological polar surface area (TPSA) is 43.7 Å². The molecule has 2 heterocycles. The molecule has 0 radical (unpaired) electrons. The number of hydrogen-bond donors (Lipinski definition) is 2. The van der Waals surface area contributed by atoms with Gasteiger partial charge in [0.05, 0.1) is 0 Å². The van der Waals surface area contributed by atoms with E-state index < -0.39 is 12.1 Å². The summed E-state index contributed by atoms with van der Waals surface area (Å²) in [7, 11) is 0. The molecule has 2 saturated heterocycles. The van der Waals surface area contributed by atoms with E-state index in [1.807, 2.05) is 0 Å². The van der Waals surface area contributed by atoms with Crippen molar-refractivity contribution in [3.8, 4) is 0 Å². The lowest BCUT2D eigenvalue weighted by atomic mass is 10.0. The van der Waals surface area contributed by atoms with Crippen LogP contribution in [-0.4, -0.2) is 39.8 Å². The third kappa shape index (κ3) is 0.938. The molecule has 3 rings (SSSR count). The first kappa shape index (κ1) is 8.15. The van der Waals surface area contributed by atoms with Crippen molar-refractivity contribution < 1.29 is 14.6 Å². The molecule has 13 heavy (non-hydrogen) atoms. The molecule has 2 unspecified atom stereocenters. The molecular weight excluding hydrogens is 173 g/mol. The monoisotopic (exact) mass is 187 g/mol. The summed E-state index contributed by atoms with van der Waals surface area (Å²) in [6.07, 6.45) is 1.94. The highest BCUT2D eigenvalue weighted by atomic mass is 19.1. The van der Waals surface area contributed by atoms with Gasteiger partial charge < -0.3 is 10.2 Å². The Bertz CT molecular complexity index is 258. The fourth-order valence-electron chi connectivity index (χ4n) is 2.97. The van der Waals surface area contributed by atoms with E-state index in [4.69, 9.17) is 0 Å². The summed E-state index contributed by atoms with van der Waals surface area (Å²) >= 11 is 0. The minimum Gasteiger partial charge on any atom is -0.353 e. The van der Waals surface area contributed by atoms with Gasteiger partial charge in [-0.25, -0.2) is 9.29 Å². The lowest BCUT2D eigenvalue weighted by molar-refractivity contribution is -0.246. The summed E-state index contributed by atoms with van der Waals surface area (Å²) in [6.45, 7) is 0.534. The Labute approximate surface area is 76.2 Å². The lowest BCUT2D eigenvalue weighted by Crippen LogP contribution is -2.45. The molecule has 4 heteroatoms. The average Bonchev–Trinajstić information content (AvgIpc) is 2.40. The molecule has 1 spiro atoms. The van der Waals surface area contributed by atoms with E-state index >= 15 is 0 Å². The summed E-state index contributed by atoms with van der Waals surface area (Å²) in [6, 6.07) is 0.204. The standard InChI is InChI=1S/C9H14FNO2/c10-7-4-8(7)3-6-1-2-9(12,13)11(6)5-8/h6-7,12-13H,1-5H2/t6?,7?,8-/m1/s1. The Hall–Kier alpha value is -0.190. The Morgan fingerprint density at radius 3 is 2.54 bits per heavy atom. The second-order valence-corrected chi connectivity index (χ2v) is 4.83. The number of rotatable bonds is 0. The molecule has 0 aromatic rings. The van der Waals surface area contributed by atoms with Gasteiger partial charge in [-0.15, -0.1) is 0 Å². The molecule has 3 aliphatic rings. The molecule has 3 fully saturated rings. The highest BCUT2D eigenvalue weighted by Gasteiger charge is 2.65. The van der Waals surface area contributed by atoms with Gasteiger partial charge in [-0.1, -0.05) is 0 Å². The quantitative estimate of drug-likeness (QED) is 0.533. The predicted molar refractivity (Wildman–Crippen MR) is 43.5 cm³/mol. The first-order chi connectivity index (χ1) is 6.04. The lowest BCUT2D eigenvalue weighted by Gasteiger charge is -2.27. The molecule has 1 aliphatic carbocycles.